The predicted molar refractivity (Wildman–Crippen MR) is 85.4 cm³/mol. The minimum atomic E-state index is 0.865. The third kappa shape index (κ3) is 3.18. The molecule has 1 heterocycles. The van der Waals surface area contributed by atoms with Crippen LogP contribution in [0.3, 0.4) is 0 Å². The smallest absolute Gasteiger partial charge is 0.0518 e. The third-order valence-corrected chi connectivity index (χ3v) is 4.37. The number of benzene rings is 1. The summed E-state index contributed by atoms with van der Waals surface area (Å²) in [5, 5.41) is 3.17. The fraction of sp³-hybridized carbons (Fsp3) is 0.500. The van der Waals surface area contributed by atoms with Crippen LogP contribution in [0.4, 0.5) is 0 Å². The number of allylic oxidation sites excluding steroid dienone is 1. The molecular formula is C18H24N2. The van der Waals surface area contributed by atoms with Crippen LogP contribution in [0.2, 0.25) is 0 Å². The average molecular weight is 268 g/mol. The van der Waals surface area contributed by atoms with Crippen molar-refractivity contribution in [3.63, 3.8) is 0 Å². The van der Waals surface area contributed by atoms with Gasteiger partial charge < -0.3 is 5.32 Å². The highest BCUT2D eigenvalue weighted by Gasteiger charge is 2.21. The van der Waals surface area contributed by atoms with Crippen LogP contribution in [-0.2, 0) is 6.42 Å². The number of rotatable bonds is 6. The highest BCUT2D eigenvalue weighted by Crippen LogP contribution is 2.34. The van der Waals surface area contributed by atoms with Crippen LogP contribution in [0.15, 0.2) is 35.0 Å². The standard InChI is InChI=1S/C18H24N2/c1-13-3-7-16(11-15(13)8-6-14-4-5-14)18-10-9-17(20-18)12-19-2/h3,7,9,11,14,19H,4-6,8,10,12H2,1-2H3. The first-order chi connectivity index (χ1) is 9.76. The quantitative estimate of drug-likeness (QED) is 0.837. The molecule has 0 atom stereocenters. The van der Waals surface area contributed by atoms with E-state index >= 15 is 0 Å². The molecule has 0 spiro atoms. The molecule has 1 aromatic carbocycles. The summed E-state index contributed by atoms with van der Waals surface area (Å²) >= 11 is 0. The summed E-state index contributed by atoms with van der Waals surface area (Å²) in [5.74, 6) is 1.01. The van der Waals surface area contributed by atoms with Crippen molar-refractivity contribution in [2.75, 3.05) is 13.6 Å². The van der Waals surface area contributed by atoms with E-state index in [0.717, 1.165) is 18.9 Å². The predicted octanol–water partition coefficient (Wildman–Crippen LogP) is 3.63. The molecule has 1 aromatic rings. The van der Waals surface area contributed by atoms with Gasteiger partial charge in [0.25, 0.3) is 0 Å². The van der Waals surface area contributed by atoms with Gasteiger partial charge in [-0.3, -0.25) is 4.99 Å². The highest BCUT2D eigenvalue weighted by molar-refractivity contribution is 6.03. The lowest BCUT2D eigenvalue weighted by atomic mass is 9.97. The van der Waals surface area contributed by atoms with Crippen LogP contribution in [-0.4, -0.2) is 19.3 Å². The van der Waals surface area contributed by atoms with E-state index in [1.807, 2.05) is 7.05 Å². The summed E-state index contributed by atoms with van der Waals surface area (Å²) in [6, 6.07) is 6.85. The first-order valence-corrected chi connectivity index (χ1v) is 7.77. The van der Waals surface area contributed by atoms with E-state index in [2.05, 4.69) is 36.5 Å². The van der Waals surface area contributed by atoms with E-state index in [9.17, 15) is 0 Å². The second kappa shape index (κ2) is 5.92. The van der Waals surface area contributed by atoms with Gasteiger partial charge in [0.15, 0.2) is 0 Å². The largest absolute Gasteiger partial charge is 0.314 e. The molecule has 1 N–H and O–H groups in total. The molecular weight excluding hydrogens is 244 g/mol. The van der Waals surface area contributed by atoms with Gasteiger partial charge in [0.1, 0.15) is 0 Å². The van der Waals surface area contributed by atoms with Crippen LogP contribution in [0, 0.1) is 12.8 Å². The van der Waals surface area contributed by atoms with Crippen LogP contribution in [0.25, 0.3) is 0 Å². The molecule has 1 fully saturated rings. The van der Waals surface area contributed by atoms with E-state index < -0.39 is 0 Å². The summed E-state index contributed by atoms with van der Waals surface area (Å²) < 4.78 is 0. The molecule has 0 bridgehead atoms. The van der Waals surface area contributed by atoms with Crippen LogP contribution in [0.1, 0.15) is 42.4 Å². The zero-order valence-electron chi connectivity index (χ0n) is 12.6. The van der Waals surface area contributed by atoms with Gasteiger partial charge in [-0.2, -0.15) is 0 Å². The number of aliphatic imine (C=N–C) groups is 1. The van der Waals surface area contributed by atoms with E-state index in [-0.39, 0.29) is 0 Å². The van der Waals surface area contributed by atoms with Crippen molar-refractivity contribution in [3.05, 3.63) is 46.7 Å². The highest BCUT2D eigenvalue weighted by atomic mass is 14.9. The molecule has 0 aromatic heterocycles. The molecule has 0 amide bonds. The Morgan fingerprint density at radius 2 is 2.15 bits per heavy atom. The lowest BCUT2D eigenvalue weighted by molar-refractivity contribution is 0.724. The summed E-state index contributed by atoms with van der Waals surface area (Å²) in [6.07, 6.45) is 8.69. The first-order valence-electron chi connectivity index (χ1n) is 7.77. The van der Waals surface area contributed by atoms with Crippen LogP contribution >= 0.6 is 0 Å². The molecule has 2 nitrogen and oxygen atoms in total. The monoisotopic (exact) mass is 268 g/mol. The zero-order chi connectivity index (χ0) is 13.9. The average Bonchev–Trinajstić information content (AvgIpc) is 3.16. The first kappa shape index (κ1) is 13.6. The number of nitrogens with one attached hydrogen (secondary N) is 1. The topological polar surface area (TPSA) is 24.4 Å². The molecule has 20 heavy (non-hydrogen) atoms. The minimum Gasteiger partial charge on any atom is -0.314 e. The zero-order valence-corrected chi connectivity index (χ0v) is 12.6. The molecule has 0 radical (unpaired) electrons. The maximum absolute atomic E-state index is 4.74. The van der Waals surface area contributed by atoms with Crippen molar-refractivity contribution in [1.29, 1.82) is 0 Å². The van der Waals surface area contributed by atoms with Gasteiger partial charge in [0, 0.05) is 13.0 Å². The number of aryl methyl sites for hydroxylation is 2. The Morgan fingerprint density at radius 1 is 1.30 bits per heavy atom. The number of hydrogen-bond acceptors (Lipinski definition) is 2. The van der Waals surface area contributed by atoms with E-state index in [4.69, 9.17) is 4.99 Å². The van der Waals surface area contributed by atoms with E-state index in [1.54, 1.807) is 0 Å². The molecule has 0 unspecified atom stereocenters. The fourth-order valence-corrected chi connectivity index (χ4v) is 2.84. The summed E-state index contributed by atoms with van der Waals surface area (Å²) in [6.45, 7) is 3.09. The molecule has 1 aliphatic heterocycles. The normalized spacial score (nSPS) is 18.1. The number of hydrogen-bond donors (Lipinski definition) is 1. The second-order valence-corrected chi connectivity index (χ2v) is 6.11. The second-order valence-electron chi connectivity index (χ2n) is 6.11. The summed E-state index contributed by atoms with van der Waals surface area (Å²) in [7, 11) is 1.97. The SMILES string of the molecule is CNCC1=CCC(c2ccc(C)c(CCC3CC3)c2)=N1. The molecule has 1 aliphatic carbocycles. The van der Waals surface area contributed by atoms with Gasteiger partial charge in [-0.05, 0) is 55.5 Å². The Labute approximate surface area is 122 Å². The Hall–Kier alpha value is -1.41. The summed E-state index contributed by atoms with van der Waals surface area (Å²) in [5.41, 5.74) is 6.64. The van der Waals surface area contributed by atoms with Gasteiger partial charge in [-0.25, -0.2) is 0 Å². The Balaban J connectivity index is 1.73. The lowest BCUT2D eigenvalue weighted by Crippen LogP contribution is -2.08. The molecule has 1 saturated carbocycles. The molecule has 2 heteroatoms. The minimum absolute atomic E-state index is 0.865. The maximum atomic E-state index is 4.74. The van der Waals surface area contributed by atoms with E-state index in [1.165, 1.54) is 53.8 Å². The van der Waals surface area contributed by atoms with Gasteiger partial charge in [0.05, 0.1) is 11.4 Å². The van der Waals surface area contributed by atoms with Crippen molar-refractivity contribution in [2.45, 2.75) is 39.0 Å². The number of likely N-dealkylation sites (N-methyl/N-ethyl adjacent to an activating group) is 1. The fourth-order valence-electron chi connectivity index (χ4n) is 2.84. The Kier molecular flexibility index (Phi) is 4.02. The van der Waals surface area contributed by atoms with Crippen LogP contribution < -0.4 is 5.32 Å². The molecule has 106 valence electrons. The van der Waals surface area contributed by atoms with Crippen molar-refractivity contribution < 1.29 is 0 Å². The van der Waals surface area contributed by atoms with Gasteiger partial charge >= 0.3 is 0 Å². The lowest BCUT2D eigenvalue weighted by Gasteiger charge is -2.09. The third-order valence-electron chi connectivity index (χ3n) is 4.37. The van der Waals surface area contributed by atoms with Gasteiger partial charge in [0.2, 0.25) is 0 Å². The Bertz CT molecular complexity index is 551. The van der Waals surface area contributed by atoms with Crippen molar-refractivity contribution >= 4 is 5.71 Å². The number of nitrogens with zero attached hydrogens (tertiary/aromatic N) is 1. The Morgan fingerprint density at radius 3 is 2.90 bits per heavy atom. The molecule has 3 rings (SSSR count). The molecule has 0 saturated heterocycles. The maximum Gasteiger partial charge on any atom is 0.0518 e. The van der Waals surface area contributed by atoms with Gasteiger partial charge in [-0.15, -0.1) is 0 Å². The van der Waals surface area contributed by atoms with Crippen LogP contribution in [0.5, 0.6) is 0 Å². The summed E-state index contributed by atoms with van der Waals surface area (Å²) in [4.78, 5) is 4.74. The van der Waals surface area contributed by atoms with Gasteiger partial charge in [-0.1, -0.05) is 31.1 Å². The van der Waals surface area contributed by atoms with E-state index in [0.29, 0.717) is 0 Å². The van der Waals surface area contributed by atoms with Crippen molar-refractivity contribution in [3.8, 4) is 0 Å². The van der Waals surface area contributed by atoms with Crippen molar-refractivity contribution in [1.82, 2.24) is 5.32 Å². The van der Waals surface area contributed by atoms with Crippen molar-refractivity contribution in [2.24, 2.45) is 10.9 Å². The molecule has 2 aliphatic rings.